The minimum Gasteiger partial charge on any atom is -0.349 e. The van der Waals surface area contributed by atoms with Crippen LogP contribution in [0.25, 0.3) is 0 Å². The van der Waals surface area contributed by atoms with E-state index in [0.29, 0.717) is 17.7 Å². The summed E-state index contributed by atoms with van der Waals surface area (Å²) in [5.74, 6) is -1.73. The van der Waals surface area contributed by atoms with Crippen LogP contribution in [0.3, 0.4) is 0 Å². The molecule has 0 spiro atoms. The molecule has 3 unspecified atom stereocenters. The van der Waals surface area contributed by atoms with Crippen molar-refractivity contribution in [3.05, 3.63) is 64.7 Å². The van der Waals surface area contributed by atoms with Crippen LogP contribution in [-0.4, -0.2) is 20.6 Å². The third-order valence-electron chi connectivity index (χ3n) is 6.08. The van der Waals surface area contributed by atoms with Crippen LogP contribution in [0.4, 0.5) is 14.5 Å². The van der Waals surface area contributed by atoms with Crippen molar-refractivity contribution in [3.8, 4) is 0 Å². The maximum atomic E-state index is 14.7. The van der Waals surface area contributed by atoms with Gasteiger partial charge in [0.25, 0.3) is 0 Å². The monoisotopic (exact) mass is 464 g/mol. The molecule has 32 heavy (non-hydrogen) atoms. The molecule has 1 fully saturated rings. The summed E-state index contributed by atoms with van der Waals surface area (Å²) >= 11 is 0. The van der Waals surface area contributed by atoms with Gasteiger partial charge in [-0.15, -0.1) is 0 Å². The highest BCUT2D eigenvalue weighted by Crippen LogP contribution is 2.54. The minimum atomic E-state index is -3.36. The second-order valence-corrected chi connectivity index (χ2v) is 11.7. The molecule has 1 amide bonds. The van der Waals surface area contributed by atoms with Gasteiger partial charge in [0.2, 0.25) is 15.9 Å². The smallest absolute Gasteiger partial charge is 0.229 e. The predicted molar refractivity (Wildman–Crippen MR) is 122 cm³/mol. The molecular formula is C24H30F2N2O3S. The van der Waals surface area contributed by atoms with Gasteiger partial charge in [0, 0.05) is 22.6 Å². The number of sulfonamides is 1. The molecule has 1 saturated carbocycles. The van der Waals surface area contributed by atoms with E-state index in [1.807, 2.05) is 13.8 Å². The first-order valence-corrected chi connectivity index (χ1v) is 12.4. The summed E-state index contributed by atoms with van der Waals surface area (Å²) in [6.07, 6.45) is 1.58. The molecule has 2 aromatic carbocycles. The van der Waals surface area contributed by atoms with Crippen LogP contribution < -0.4 is 10.0 Å². The van der Waals surface area contributed by atoms with Gasteiger partial charge in [0.1, 0.15) is 11.6 Å². The normalized spacial score (nSPS) is 21.7. The van der Waals surface area contributed by atoms with E-state index in [0.717, 1.165) is 11.8 Å². The van der Waals surface area contributed by atoms with E-state index in [2.05, 4.69) is 10.0 Å². The van der Waals surface area contributed by atoms with Crippen molar-refractivity contribution < 1.29 is 22.0 Å². The van der Waals surface area contributed by atoms with Crippen molar-refractivity contribution in [2.24, 2.45) is 5.92 Å². The number of halogens is 2. The molecule has 2 N–H and O–H groups in total. The third kappa shape index (κ3) is 5.11. The first-order chi connectivity index (χ1) is 14.6. The number of amides is 1. The number of hydrogen-bond acceptors (Lipinski definition) is 3. The molecule has 2 aromatic rings. The molecule has 0 aliphatic heterocycles. The molecule has 3 rings (SSSR count). The zero-order chi connectivity index (χ0) is 24.1. The molecule has 8 heteroatoms. The summed E-state index contributed by atoms with van der Waals surface area (Å²) in [5.41, 5.74) is 0.512. The summed E-state index contributed by atoms with van der Waals surface area (Å²) in [6.45, 7) is 8.95. The largest absolute Gasteiger partial charge is 0.349 e. The lowest BCUT2D eigenvalue weighted by Crippen LogP contribution is -2.30. The summed E-state index contributed by atoms with van der Waals surface area (Å²) in [5, 5.41) is 2.95. The Hall–Kier alpha value is -2.48. The molecule has 0 bridgehead atoms. The van der Waals surface area contributed by atoms with Gasteiger partial charge in [-0.3, -0.25) is 9.52 Å². The molecule has 3 atom stereocenters. The Bertz CT molecular complexity index is 1120. The van der Waals surface area contributed by atoms with Crippen molar-refractivity contribution >= 4 is 21.6 Å². The standard InChI is InChI=1S/C24H30F2N2O3S/c1-14(15-7-9-17(10-8-15)28-32(6,30)31)27-22(29)18-13-24(18,5)16-11-19(25)21(20(26)12-16)23(2,3)4/h7-12,14,18,28H,13H2,1-6H3,(H,27,29). The first kappa shape index (κ1) is 24.2. The minimum absolute atomic E-state index is 0.0499. The number of nitrogens with one attached hydrogen (secondary N) is 2. The Labute approximate surface area is 188 Å². The topological polar surface area (TPSA) is 75.3 Å². The van der Waals surface area contributed by atoms with Crippen molar-refractivity contribution in [2.75, 3.05) is 11.0 Å². The van der Waals surface area contributed by atoms with E-state index in [4.69, 9.17) is 0 Å². The van der Waals surface area contributed by atoms with E-state index in [-0.39, 0.29) is 23.4 Å². The van der Waals surface area contributed by atoms with Crippen molar-refractivity contribution in [1.82, 2.24) is 5.32 Å². The van der Waals surface area contributed by atoms with Crippen LogP contribution in [-0.2, 0) is 25.6 Å². The van der Waals surface area contributed by atoms with Gasteiger partial charge < -0.3 is 5.32 Å². The zero-order valence-electron chi connectivity index (χ0n) is 19.2. The Morgan fingerprint density at radius 1 is 1.12 bits per heavy atom. The van der Waals surface area contributed by atoms with Crippen LogP contribution in [0.5, 0.6) is 0 Å². The van der Waals surface area contributed by atoms with Gasteiger partial charge in [-0.1, -0.05) is 39.8 Å². The maximum Gasteiger partial charge on any atom is 0.229 e. The second-order valence-electron chi connectivity index (χ2n) is 9.97. The lowest BCUT2D eigenvalue weighted by Gasteiger charge is -2.23. The number of anilines is 1. The Morgan fingerprint density at radius 3 is 2.12 bits per heavy atom. The lowest BCUT2D eigenvalue weighted by molar-refractivity contribution is -0.123. The summed E-state index contributed by atoms with van der Waals surface area (Å²) < 4.78 is 54.4. The van der Waals surface area contributed by atoms with Crippen LogP contribution in [0.15, 0.2) is 36.4 Å². The van der Waals surface area contributed by atoms with Crippen molar-refractivity contribution in [1.29, 1.82) is 0 Å². The molecule has 1 aliphatic rings. The number of benzene rings is 2. The number of hydrogen-bond donors (Lipinski definition) is 2. The Kier molecular flexibility index (Phi) is 6.15. The van der Waals surface area contributed by atoms with Gasteiger partial charge in [-0.25, -0.2) is 17.2 Å². The molecular weight excluding hydrogens is 434 g/mol. The molecule has 0 aromatic heterocycles. The maximum absolute atomic E-state index is 14.7. The Morgan fingerprint density at radius 2 is 1.66 bits per heavy atom. The van der Waals surface area contributed by atoms with Crippen LogP contribution >= 0.6 is 0 Å². The van der Waals surface area contributed by atoms with E-state index in [9.17, 15) is 22.0 Å². The molecule has 0 heterocycles. The van der Waals surface area contributed by atoms with E-state index < -0.39 is 32.5 Å². The summed E-state index contributed by atoms with van der Waals surface area (Å²) in [6, 6.07) is 9.13. The van der Waals surface area contributed by atoms with Gasteiger partial charge >= 0.3 is 0 Å². The van der Waals surface area contributed by atoms with Gasteiger partial charge in [0.15, 0.2) is 0 Å². The van der Waals surface area contributed by atoms with Gasteiger partial charge in [-0.05, 0) is 54.2 Å². The Balaban J connectivity index is 1.70. The first-order valence-electron chi connectivity index (χ1n) is 10.5. The summed E-state index contributed by atoms with van der Waals surface area (Å²) in [7, 11) is -3.36. The average molecular weight is 465 g/mol. The van der Waals surface area contributed by atoms with Gasteiger partial charge in [0.05, 0.1) is 12.3 Å². The quantitative estimate of drug-likeness (QED) is 0.646. The van der Waals surface area contributed by atoms with E-state index >= 15 is 0 Å². The van der Waals surface area contributed by atoms with E-state index in [1.165, 1.54) is 12.1 Å². The zero-order valence-corrected chi connectivity index (χ0v) is 20.0. The average Bonchev–Trinajstić information content (AvgIpc) is 3.32. The molecule has 0 saturated heterocycles. The highest BCUT2D eigenvalue weighted by Gasteiger charge is 2.56. The fourth-order valence-corrected chi connectivity index (χ4v) is 4.70. The fourth-order valence-electron chi connectivity index (χ4n) is 4.14. The molecule has 174 valence electrons. The number of carbonyl (C=O) groups excluding carboxylic acids is 1. The highest BCUT2D eigenvalue weighted by molar-refractivity contribution is 7.92. The number of carbonyl (C=O) groups is 1. The van der Waals surface area contributed by atoms with Crippen LogP contribution in [0, 0.1) is 17.6 Å². The van der Waals surface area contributed by atoms with Crippen LogP contribution in [0.2, 0.25) is 0 Å². The molecule has 0 radical (unpaired) electrons. The second kappa shape index (κ2) is 8.14. The third-order valence-corrected chi connectivity index (χ3v) is 6.68. The molecule has 5 nitrogen and oxygen atoms in total. The van der Waals surface area contributed by atoms with Crippen molar-refractivity contribution in [3.63, 3.8) is 0 Å². The van der Waals surface area contributed by atoms with Crippen molar-refractivity contribution in [2.45, 2.75) is 57.9 Å². The highest BCUT2D eigenvalue weighted by atomic mass is 32.2. The molecule has 1 aliphatic carbocycles. The summed E-state index contributed by atoms with van der Waals surface area (Å²) in [4.78, 5) is 12.8. The van der Waals surface area contributed by atoms with E-state index in [1.54, 1.807) is 45.0 Å². The van der Waals surface area contributed by atoms with Gasteiger partial charge in [-0.2, -0.15) is 0 Å². The van der Waals surface area contributed by atoms with Crippen LogP contribution in [0.1, 0.15) is 63.8 Å². The predicted octanol–water partition coefficient (Wildman–Crippen LogP) is 4.79. The number of rotatable bonds is 6. The SMILES string of the molecule is CC(NC(=O)C1CC1(C)c1cc(F)c(C(C)(C)C)c(F)c1)c1ccc(NS(C)(=O)=O)cc1. The fraction of sp³-hybridized carbons (Fsp3) is 0.458. The lowest BCUT2D eigenvalue weighted by atomic mass is 9.83.